The molecule has 0 unspecified atom stereocenters. The second-order valence-electron chi connectivity index (χ2n) is 4.02. The molecule has 1 saturated heterocycles. The van der Waals surface area contributed by atoms with E-state index in [9.17, 15) is 10.1 Å². The molecule has 0 amide bonds. The summed E-state index contributed by atoms with van der Waals surface area (Å²) >= 11 is 1.90. The van der Waals surface area contributed by atoms with E-state index >= 15 is 0 Å². The van der Waals surface area contributed by atoms with Gasteiger partial charge in [-0.2, -0.15) is 17.0 Å². The first kappa shape index (κ1) is 12.7. The zero-order valence-corrected chi connectivity index (χ0v) is 10.7. The number of nitro groups is 1. The third-order valence-electron chi connectivity index (χ3n) is 2.89. The minimum Gasteiger partial charge on any atom is -0.370 e. The number of hydrogen-bond acceptors (Lipinski definition) is 5. The van der Waals surface area contributed by atoms with Crippen LogP contribution in [0.4, 0.5) is 11.4 Å². The van der Waals surface area contributed by atoms with E-state index in [1.807, 2.05) is 17.8 Å². The van der Waals surface area contributed by atoms with Crippen molar-refractivity contribution < 1.29 is 4.92 Å². The maximum Gasteiger partial charge on any atom is 0.289 e. The quantitative estimate of drug-likeness (QED) is 0.605. The molecule has 1 heterocycles. The lowest BCUT2D eigenvalue weighted by Crippen LogP contribution is -2.25. The lowest BCUT2D eigenvalue weighted by Gasteiger charge is -2.22. The smallest absolute Gasteiger partial charge is 0.289 e. The summed E-state index contributed by atoms with van der Waals surface area (Å²) in [6, 6.07) is 6.69. The Morgan fingerprint density at radius 3 is 2.94 bits per heavy atom. The van der Waals surface area contributed by atoms with Crippen LogP contribution in [0.15, 0.2) is 18.2 Å². The van der Waals surface area contributed by atoms with Crippen LogP contribution in [-0.4, -0.2) is 29.5 Å². The first-order valence-corrected chi connectivity index (χ1v) is 6.89. The number of anilines is 1. The van der Waals surface area contributed by atoms with Crippen LogP contribution in [0.25, 0.3) is 0 Å². The van der Waals surface area contributed by atoms with E-state index in [1.54, 1.807) is 6.07 Å². The van der Waals surface area contributed by atoms with Crippen LogP contribution in [0.1, 0.15) is 12.0 Å². The van der Waals surface area contributed by atoms with Gasteiger partial charge in [-0.3, -0.25) is 10.1 Å². The van der Waals surface area contributed by atoms with Gasteiger partial charge in [0, 0.05) is 30.6 Å². The Morgan fingerprint density at radius 1 is 1.39 bits per heavy atom. The molecule has 0 N–H and O–H groups in total. The van der Waals surface area contributed by atoms with Crippen molar-refractivity contribution in [1.29, 1.82) is 5.26 Å². The van der Waals surface area contributed by atoms with E-state index < -0.39 is 4.92 Å². The Hall–Kier alpha value is -1.74. The van der Waals surface area contributed by atoms with Crippen molar-refractivity contribution in [3.8, 4) is 6.07 Å². The monoisotopic (exact) mass is 263 g/mol. The van der Waals surface area contributed by atoms with Crippen LogP contribution < -0.4 is 4.90 Å². The summed E-state index contributed by atoms with van der Waals surface area (Å²) in [5, 5.41) is 19.8. The minimum absolute atomic E-state index is 0.105. The molecule has 1 aromatic carbocycles. The predicted molar refractivity (Wildman–Crippen MR) is 72.0 cm³/mol. The highest BCUT2D eigenvalue weighted by molar-refractivity contribution is 7.99. The second kappa shape index (κ2) is 5.74. The fraction of sp³-hybridized carbons (Fsp3) is 0.417. The summed E-state index contributed by atoms with van der Waals surface area (Å²) in [5.41, 5.74) is 0.850. The molecular weight excluding hydrogens is 250 g/mol. The normalized spacial score (nSPS) is 15.8. The van der Waals surface area contributed by atoms with Crippen molar-refractivity contribution >= 4 is 23.1 Å². The van der Waals surface area contributed by atoms with E-state index in [1.165, 1.54) is 12.1 Å². The largest absolute Gasteiger partial charge is 0.370 e. The van der Waals surface area contributed by atoms with Gasteiger partial charge in [0.1, 0.15) is 11.6 Å². The lowest BCUT2D eigenvalue weighted by atomic mass is 10.1. The molecule has 0 bridgehead atoms. The molecule has 0 aromatic heterocycles. The van der Waals surface area contributed by atoms with Gasteiger partial charge in [-0.15, -0.1) is 0 Å². The molecule has 2 rings (SSSR count). The number of benzene rings is 1. The van der Waals surface area contributed by atoms with Crippen LogP contribution in [0, 0.1) is 21.4 Å². The maximum absolute atomic E-state index is 10.9. The van der Waals surface area contributed by atoms with Gasteiger partial charge in [-0.25, -0.2) is 0 Å². The zero-order chi connectivity index (χ0) is 13.0. The third-order valence-corrected chi connectivity index (χ3v) is 3.93. The van der Waals surface area contributed by atoms with Crippen LogP contribution in [0.5, 0.6) is 0 Å². The summed E-state index contributed by atoms with van der Waals surface area (Å²) in [6.45, 7) is 1.81. The van der Waals surface area contributed by atoms with Crippen LogP contribution in [-0.2, 0) is 0 Å². The van der Waals surface area contributed by atoms with Crippen molar-refractivity contribution in [2.45, 2.75) is 6.42 Å². The maximum atomic E-state index is 10.9. The van der Waals surface area contributed by atoms with Gasteiger partial charge in [-0.05, 0) is 24.3 Å². The van der Waals surface area contributed by atoms with Crippen molar-refractivity contribution in [2.75, 3.05) is 29.5 Å². The molecule has 94 valence electrons. The van der Waals surface area contributed by atoms with Crippen LogP contribution in [0.3, 0.4) is 0 Å². The van der Waals surface area contributed by atoms with E-state index in [-0.39, 0.29) is 11.3 Å². The number of nitriles is 1. The van der Waals surface area contributed by atoms with Gasteiger partial charge in [-0.1, -0.05) is 0 Å². The SMILES string of the molecule is N#Cc1ccc(N2CCCSCC2)cc1[N+](=O)[O-]. The highest BCUT2D eigenvalue weighted by atomic mass is 32.2. The topological polar surface area (TPSA) is 70.2 Å². The van der Waals surface area contributed by atoms with Crippen molar-refractivity contribution in [3.05, 3.63) is 33.9 Å². The van der Waals surface area contributed by atoms with E-state index in [0.717, 1.165) is 36.7 Å². The number of thioether (sulfide) groups is 1. The molecule has 1 aromatic rings. The Balaban J connectivity index is 2.31. The van der Waals surface area contributed by atoms with Crippen molar-refractivity contribution in [2.24, 2.45) is 0 Å². The average molecular weight is 263 g/mol. The summed E-state index contributed by atoms with van der Waals surface area (Å²) < 4.78 is 0. The number of nitro benzene ring substituents is 1. The Morgan fingerprint density at radius 2 is 2.22 bits per heavy atom. The van der Waals surface area contributed by atoms with Gasteiger partial charge in [0.15, 0.2) is 0 Å². The number of hydrogen-bond donors (Lipinski definition) is 0. The third kappa shape index (κ3) is 2.74. The van der Waals surface area contributed by atoms with Gasteiger partial charge < -0.3 is 4.90 Å². The fourth-order valence-corrected chi connectivity index (χ4v) is 2.85. The predicted octanol–water partition coefficient (Wildman–Crippen LogP) is 2.41. The standard InChI is InChI=1S/C12H13N3O2S/c13-9-10-2-3-11(8-12(10)15(16)17)14-4-1-6-18-7-5-14/h2-3,8H,1,4-7H2. The van der Waals surface area contributed by atoms with E-state index in [2.05, 4.69) is 4.90 Å². The molecule has 1 aliphatic rings. The fourth-order valence-electron chi connectivity index (χ4n) is 1.97. The Bertz CT molecular complexity index is 491. The molecule has 18 heavy (non-hydrogen) atoms. The molecule has 0 saturated carbocycles. The molecule has 0 spiro atoms. The number of nitrogens with zero attached hydrogens (tertiary/aromatic N) is 3. The molecule has 5 nitrogen and oxygen atoms in total. The van der Waals surface area contributed by atoms with Gasteiger partial charge >= 0.3 is 0 Å². The Labute approximate surface area is 110 Å². The first-order valence-electron chi connectivity index (χ1n) is 5.73. The van der Waals surface area contributed by atoms with Crippen LogP contribution in [0.2, 0.25) is 0 Å². The summed E-state index contributed by atoms with van der Waals surface area (Å²) in [6.07, 6.45) is 1.08. The van der Waals surface area contributed by atoms with Crippen molar-refractivity contribution in [1.82, 2.24) is 0 Å². The van der Waals surface area contributed by atoms with Crippen molar-refractivity contribution in [3.63, 3.8) is 0 Å². The van der Waals surface area contributed by atoms with E-state index in [0.29, 0.717) is 0 Å². The second-order valence-corrected chi connectivity index (χ2v) is 5.25. The van der Waals surface area contributed by atoms with Gasteiger partial charge in [0.05, 0.1) is 4.92 Å². The number of rotatable bonds is 2. The highest BCUT2D eigenvalue weighted by Crippen LogP contribution is 2.26. The summed E-state index contributed by atoms with van der Waals surface area (Å²) in [4.78, 5) is 12.6. The van der Waals surface area contributed by atoms with Crippen LogP contribution >= 0.6 is 11.8 Å². The van der Waals surface area contributed by atoms with E-state index in [4.69, 9.17) is 5.26 Å². The van der Waals surface area contributed by atoms with Gasteiger partial charge in [0.2, 0.25) is 0 Å². The lowest BCUT2D eigenvalue weighted by molar-refractivity contribution is -0.385. The molecule has 6 heteroatoms. The summed E-state index contributed by atoms with van der Waals surface area (Å²) in [7, 11) is 0. The minimum atomic E-state index is -0.491. The first-order chi connectivity index (χ1) is 8.72. The Kier molecular flexibility index (Phi) is 4.05. The zero-order valence-electron chi connectivity index (χ0n) is 9.83. The molecule has 1 fully saturated rings. The summed E-state index contributed by atoms with van der Waals surface area (Å²) in [5.74, 6) is 2.17. The highest BCUT2D eigenvalue weighted by Gasteiger charge is 2.17. The molecule has 0 aliphatic carbocycles. The molecular formula is C12H13N3O2S. The molecule has 0 radical (unpaired) electrons. The molecule has 0 atom stereocenters. The molecule has 1 aliphatic heterocycles. The van der Waals surface area contributed by atoms with Gasteiger partial charge in [0.25, 0.3) is 5.69 Å². The average Bonchev–Trinajstić information content (AvgIpc) is 2.66.